The predicted octanol–water partition coefficient (Wildman–Crippen LogP) is 1.92. The summed E-state index contributed by atoms with van der Waals surface area (Å²) < 4.78 is 13.1. The summed E-state index contributed by atoms with van der Waals surface area (Å²) in [5.74, 6) is 0.551. The third-order valence-electron chi connectivity index (χ3n) is 6.31. The number of nitrogens with one attached hydrogen (secondary N) is 2. The Morgan fingerprint density at radius 2 is 2.05 bits per heavy atom. The Morgan fingerprint density at radius 3 is 2.79 bits per heavy atom. The molecule has 38 heavy (non-hydrogen) atoms. The van der Waals surface area contributed by atoms with Crippen LogP contribution in [0.2, 0.25) is 0 Å². The third-order valence-corrected chi connectivity index (χ3v) is 6.31. The minimum absolute atomic E-state index is 0.362. The predicted molar refractivity (Wildman–Crippen MR) is 139 cm³/mol. The number of carbonyl (C=O) groups is 1. The molecule has 4 atom stereocenters. The SMILES string of the molecule is CCNC(=O)[C@H]1O[C@@H](n2cnc3c(NCc4cccc(C)n4)nc(-c4cncc(C)c4)nc32)[C@H](O)C1OC. The number of carbonyl (C=O) groups excluding carboxylic acids is 1. The number of methoxy groups -OCH3 is 1. The molecule has 1 fully saturated rings. The van der Waals surface area contributed by atoms with Gasteiger partial charge in [-0.3, -0.25) is 19.3 Å². The normalized spacial score (nSPS) is 21.1. The van der Waals surface area contributed by atoms with E-state index in [1.165, 1.54) is 13.4 Å². The van der Waals surface area contributed by atoms with Gasteiger partial charge in [-0.2, -0.15) is 0 Å². The van der Waals surface area contributed by atoms with Crippen LogP contribution in [0.25, 0.3) is 22.6 Å². The molecule has 5 rings (SSSR count). The zero-order chi connectivity index (χ0) is 26.8. The van der Waals surface area contributed by atoms with E-state index in [-0.39, 0.29) is 5.91 Å². The first kappa shape index (κ1) is 25.6. The molecule has 4 aromatic rings. The van der Waals surface area contributed by atoms with Crippen LogP contribution in [0, 0.1) is 13.8 Å². The molecular weight excluding hydrogens is 488 g/mol. The minimum atomic E-state index is -1.14. The van der Waals surface area contributed by atoms with Crippen molar-refractivity contribution in [1.82, 2.24) is 34.8 Å². The fourth-order valence-electron chi connectivity index (χ4n) is 4.53. The van der Waals surface area contributed by atoms with Crippen LogP contribution >= 0.6 is 0 Å². The molecule has 5 heterocycles. The van der Waals surface area contributed by atoms with Gasteiger partial charge in [0.05, 0.1) is 18.6 Å². The second-order valence-corrected chi connectivity index (χ2v) is 9.13. The molecule has 0 aliphatic carbocycles. The number of amides is 1. The van der Waals surface area contributed by atoms with E-state index >= 15 is 0 Å². The highest BCUT2D eigenvalue weighted by Gasteiger charge is 2.49. The summed E-state index contributed by atoms with van der Waals surface area (Å²) in [6, 6.07) is 7.75. The number of aliphatic hydroxyl groups is 1. The quantitative estimate of drug-likeness (QED) is 0.316. The standard InChI is InChI=1S/C26H30N8O4/c1-5-28-25(36)21-20(37-4)19(35)26(38-21)34-13-30-18-23(29-12-17-8-6-7-15(3)31-17)32-22(33-24(18)34)16-9-14(2)10-27-11-16/h6-11,13,19-21,26,35H,5,12H2,1-4H3,(H,28,36)(H,29,32,33)/t19-,20?,21+,26-/m1/s1. The fourth-order valence-corrected chi connectivity index (χ4v) is 4.53. The number of nitrogens with zero attached hydrogens (tertiary/aromatic N) is 6. The van der Waals surface area contributed by atoms with Gasteiger partial charge in [0.15, 0.2) is 35.1 Å². The van der Waals surface area contributed by atoms with Gasteiger partial charge in [0, 0.05) is 37.3 Å². The Bertz CT molecular complexity index is 1460. The molecule has 0 radical (unpaired) electrons. The van der Waals surface area contributed by atoms with E-state index in [9.17, 15) is 9.90 Å². The van der Waals surface area contributed by atoms with Crippen molar-refractivity contribution in [3.8, 4) is 11.4 Å². The van der Waals surface area contributed by atoms with Gasteiger partial charge in [-0.25, -0.2) is 15.0 Å². The van der Waals surface area contributed by atoms with E-state index in [0.29, 0.717) is 35.9 Å². The van der Waals surface area contributed by atoms with E-state index in [0.717, 1.165) is 22.5 Å². The number of rotatable bonds is 8. The van der Waals surface area contributed by atoms with E-state index in [2.05, 4.69) is 25.6 Å². The first-order chi connectivity index (χ1) is 18.4. The molecule has 198 valence electrons. The zero-order valence-electron chi connectivity index (χ0n) is 21.6. The summed E-state index contributed by atoms with van der Waals surface area (Å²) in [6.07, 6.45) is 1.01. The lowest BCUT2D eigenvalue weighted by atomic mass is 10.1. The number of ether oxygens (including phenoxy) is 2. The van der Waals surface area contributed by atoms with Crippen molar-refractivity contribution in [2.75, 3.05) is 19.0 Å². The number of hydrogen-bond acceptors (Lipinski definition) is 10. The molecule has 1 unspecified atom stereocenters. The van der Waals surface area contributed by atoms with Crippen LogP contribution < -0.4 is 10.6 Å². The van der Waals surface area contributed by atoms with Gasteiger partial charge < -0.3 is 25.2 Å². The van der Waals surface area contributed by atoms with Crippen molar-refractivity contribution in [3.05, 3.63) is 59.9 Å². The number of aliphatic hydroxyl groups excluding tert-OH is 1. The van der Waals surface area contributed by atoms with Crippen molar-refractivity contribution in [1.29, 1.82) is 0 Å². The maximum atomic E-state index is 12.6. The molecule has 0 spiro atoms. The van der Waals surface area contributed by atoms with Crippen molar-refractivity contribution < 1.29 is 19.4 Å². The summed E-state index contributed by atoms with van der Waals surface area (Å²) in [6.45, 7) is 6.53. The number of hydrogen-bond donors (Lipinski definition) is 3. The molecule has 12 heteroatoms. The van der Waals surface area contributed by atoms with Gasteiger partial charge in [0.2, 0.25) is 0 Å². The van der Waals surface area contributed by atoms with Crippen LogP contribution in [0.5, 0.6) is 0 Å². The summed E-state index contributed by atoms with van der Waals surface area (Å²) in [7, 11) is 1.43. The highest BCUT2D eigenvalue weighted by molar-refractivity contribution is 5.85. The molecule has 3 N–H and O–H groups in total. The average molecular weight is 519 g/mol. The van der Waals surface area contributed by atoms with Gasteiger partial charge in [-0.1, -0.05) is 6.07 Å². The highest BCUT2D eigenvalue weighted by Crippen LogP contribution is 2.34. The molecule has 1 amide bonds. The number of aryl methyl sites for hydroxylation is 2. The molecule has 12 nitrogen and oxygen atoms in total. The molecule has 1 aliphatic rings. The van der Waals surface area contributed by atoms with Crippen LogP contribution in [-0.4, -0.2) is 72.5 Å². The van der Waals surface area contributed by atoms with Crippen molar-refractivity contribution in [2.45, 2.75) is 51.9 Å². The number of likely N-dealkylation sites (N-methyl/N-ethyl adjacent to an activating group) is 1. The fraction of sp³-hybridized carbons (Fsp3) is 0.385. The van der Waals surface area contributed by atoms with Crippen molar-refractivity contribution >= 4 is 22.9 Å². The second kappa shape index (κ2) is 10.8. The topological polar surface area (TPSA) is 149 Å². The van der Waals surface area contributed by atoms with Crippen LogP contribution in [-0.2, 0) is 20.8 Å². The minimum Gasteiger partial charge on any atom is -0.386 e. The number of imidazole rings is 1. The van der Waals surface area contributed by atoms with E-state index in [1.54, 1.807) is 17.0 Å². The van der Waals surface area contributed by atoms with Gasteiger partial charge in [0.1, 0.15) is 12.2 Å². The summed E-state index contributed by atoms with van der Waals surface area (Å²) in [4.78, 5) is 35.5. The van der Waals surface area contributed by atoms with Crippen molar-refractivity contribution in [3.63, 3.8) is 0 Å². The lowest BCUT2D eigenvalue weighted by Gasteiger charge is -2.18. The summed E-state index contributed by atoms with van der Waals surface area (Å²) in [5, 5.41) is 17.1. The number of fused-ring (bicyclic) bond motifs is 1. The number of pyridine rings is 2. The molecule has 1 saturated heterocycles. The maximum Gasteiger partial charge on any atom is 0.252 e. The Labute approximate surface area is 219 Å². The summed E-state index contributed by atoms with van der Waals surface area (Å²) in [5.41, 5.74) is 4.34. The number of aromatic nitrogens is 6. The van der Waals surface area contributed by atoms with Crippen LogP contribution in [0.15, 0.2) is 43.0 Å². The van der Waals surface area contributed by atoms with E-state index < -0.39 is 24.5 Å². The van der Waals surface area contributed by atoms with E-state index in [1.807, 2.05) is 45.0 Å². The van der Waals surface area contributed by atoms with Crippen molar-refractivity contribution in [2.24, 2.45) is 0 Å². The average Bonchev–Trinajstić information content (AvgIpc) is 3.47. The van der Waals surface area contributed by atoms with Gasteiger partial charge in [-0.15, -0.1) is 0 Å². The van der Waals surface area contributed by atoms with Crippen LogP contribution in [0.4, 0.5) is 5.82 Å². The van der Waals surface area contributed by atoms with Gasteiger partial charge in [-0.05, 0) is 44.5 Å². The Balaban J connectivity index is 1.57. The molecule has 0 aromatic carbocycles. The lowest BCUT2D eigenvalue weighted by molar-refractivity contribution is -0.138. The van der Waals surface area contributed by atoms with Crippen LogP contribution in [0.1, 0.15) is 30.1 Å². The first-order valence-electron chi connectivity index (χ1n) is 12.4. The molecule has 4 aromatic heterocycles. The molecular formula is C26H30N8O4. The molecule has 0 bridgehead atoms. The van der Waals surface area contributed by atoms with Gasteiger partial charge in [0.25, 0.3) is 5.91 Å². The highest BCUT2D eigenvalue weighted by atomic mass is 16.6. The Hall–Kier alpha value is -4.00. The maximum absolute atomic E-state index is 12.6. The summed E-state index contributed by atoms with van der Waals surface area (Å²) >= 11 is 0. The lowest BCUT2D eigenvalue weighted by Crippen LogP contribution is -2.43. The number of anilines is 1. The monoisotopic (exact) mass is 518 g/mol. The molecule has 1 aliphatic heterocycles. The van der Waals surface area contributed by atoms with E-state index in [4.69, 9.17) is 19.4 Å². The smallest absolute Gasteiger partial charge is 0.252 e. The zero-order valence-corrected chi connectivity index (χ0v) is 21.6. The van der Waals surface area contributed by atoms with Crippen LogP contribution in [0.3, 0.4) is 0 Å². The van der Waals surface area contributed by atoms with Gasteiger partial charge >= 0.3 is 0 Å². The Kier molecular flexibility index (Phi) is 7.27. The Morgan fingerprint density at radius 1 is 1.21 bits per heavy atom. The first-order valence-corrected chi connectivity index (χ1v) is 12.4. The third kappa shape index (κ3) is 4.93. The second-order valence-electron chi connectivity index (χ2n) is 9.13. The molecule has 0 saturated carbocycles. The largest absolute Gasteiger partial charge is 0.386 e.